The van der Waals surface area contributed by atoms with E-state index in [2.05, 4.69) is 15.4 Å². The molecule has 12 heteroatoms. The molecule has 1 unspecified atom stereocenters. The number of carbonyl (C=O) groups excluding carboxylic acids is 1. The van der Waals surface area contributed by atoms with E-state index >= 15 is 0 Å². The predicted molar refractivity (Wildman–Crippen MR) is 136 cm³/mol. The molecule has 0 spiro atoms. The van der Waals surface area contributed by atoms with Crippen molar-refractivity contribution < 1.29 is 27.9 Å². The number of aliphatic carboxylic acids is 1. The first-order chi connectivity index (χ1) is 17.7. The number of amides is 1. The molecule has 0 aromatic carbocycles. The van der Waals surface area contributed by atoms with Crippen molar-refractivity contribution in [1.29, 1.82) is 0 Å². The Morgan fingerprint density at radius 2 is 1.74 bits per heavy atom. The van der Waals surface area contributed by atoms with Crippen LogP contribution in [0.4, 0.5) is 13.2 Å². The third-order valence-electron chi connectivity index (χ3n) is 8.51. The number of nitrogens with zero attached hydrogens (tertiary/aromatic N) is 3. The average Bonchev–Trinajstić information content (AvgIpc) is 3.28. The number of carboxylic acids is 1. The van der Waals surface area contributed by atoms with Gasteiger partial charge in [0.05, 0.1) is 33.3 Å². The predicted octanol–water partition coefficient (Wildman–Crippen LogP) is 6.73. The minimum atomic E-state index is -4.81. The first-order valence-corrected chi connectivity index (χ1v) is 13.5. The van der Waals surface area contributed by atoms with Gasteiger partial charge in [-0.2, -0.15) is 18.3 Å². The summed E-state index contributed by atoms with van der Waals surface area (Å²) in [7, 11) is 0. The summed E-state index contributed by atoms with van der Waals surface area (Å²) in [6, 6.07) is -1.05. The van der Waals surface area contributed by atoms with Crippen molar-refractivity contribution in [2.45, 2.75) is 89.9 Å². The van der Waals surface area contributed by atoms with Gasteiger partial charge in [-0.25, -0.2) is 0 Å². The van der Waals surface area contributed by atoms with E-state index in [0.717, 1.165) is 30.1 Å². The van der Waals surface area contributed by atoms with Gasteiger partial charge in [-0.15, -0.1) is 0 Å². The van der Waals surface area contributed by atoms with E-state index in [9.17, 15) is 27.9 Å². The van der Waals surface area contributed by atoms with E-state index in [0.29, 0.717) is 28.5 Å². The number of pyridine rings is 1. The number of halogens is 5. The lowest BCUT2D eigenvalue weighted by Crippen LogP contribution is -2.50. The molecule has 208 valence electrons. The Balaban J connectivity index is 1.56. The second kappa shape index (κ2) is 10.7. The smallest absolute Gasteiger partial charge is 0.433 e. The molecule has 0 bridgehead atoms. The lowest BCUT2D eigenvalue weighted by atomic mass is 9.64. The maximum Gasteiger partial charge on any atom is 0.433 e. The number of carboxylic acid groups (broad SMARTS) is 1. The second-order valence-electron chi connectivity index (χ2n) is 11.1. The zero-order chi connectivity index (χ0) is 27.9. The zero-order valence-corrected chi connectivity index (χ0v) is 22.8. The molecule has 2 aliphatic rings. The van der Waals surface area contributed by atoms with Crippen LogP contribution in [0.1, 0.15) is 92.9 Å². The molecular weight excluding hydrogens is 544 g/mol. The Bertz CT molecular complexity index is 1180. The number of hydrogen-bond donors (Lipinski definition) is 2. The molecule has 2 heterocycles. The van der Waals surface area contributed by atoms with E-state index in [-0.39, 0.29) is 31.1 Å². The van der Waals surface area contributed by atoms with Crippen LogP contribution in [-0.4, -0.2) is 37.8 Å². The van der Waals surface area contributed by atoms with Gasteiger partial charge in [0.1, 0.15) is 0 Å². The van der Waals surface area contributed by atoms with Crippen LogP contribution in [0.5, 0.6) is 0 Å². The van der Waals surface area contributed by atoms with Gasteiger partial charge in [-0.1, -0.05) is 36.5 Å². The van der Waals surface area contributed by atoms with Crippen LogP contribution in [-0.2, 0) is 17.4 Å². The normalized spacial score (nSPS) is 23.9. The minimum absolute atomic E-state index is 0.225. The third kappa shape index (κ3) is 5.66. The summed E-state index contributed by atoms with van der Waals surface area (Å²) >= 11 is 12.5. The number of carbonyl (C=O) groups is 2. The summed E-state index contributed by atoms with van der Waals surface area (Å²) in [5, 5.41) is 17.1. The second-order valence-corrected chi connectivity index (χ2v) is 11.9. The van der Waals surface area contributed by atoms with Gasteiger partial charge in [-0.05, 0) is 69.3 Å². The fourth-order valence-electron chi connectivity index (χ4n) is 5.67. The van der Waals surface area contributed by atoms with E-state index in [4.69, 9.17) is 23.2 Å². The number of rotatable bonds is 8. The fourth-order valence-corrected chi connectivity index (χ4v) is 6.22. The van der Waals surface area contributed by atoms with Crippen molar-refractivity contribution in [1.82, 2.24) is 20.1 Å². The summed E-state index contributed by atoms with van der Waals surface area (Å²) in [5.41, 5.74) is -2.19. The lowest BCUT2D eigenvalue weighted by Gasteiger charge is -2.45. The maximum atomic E-state index is 14.3. The quantitative estimate of drug-likeness (QED) is 0.364. The zero-order valence-electron chi connectivity index (χ0n) is 21.2. The molecule has 0 saturated heterocycles. The molecule has 4 rings (SSSR count). The first kappa shape index (κ1) is 28.7. The van der Waals surface area contributed by atoms with Gasteiger partial charge >= 0.3 is 12.1 Å². The third-order valence-corrected chi connectivity index (χ3v) is 9.16. The van der Waals surface area contributed by atoms with Gasteiger partial charge in [0.15, 0.2) is 5.69 Å². The Hall–Kier alpha value is -2.33. The Labute approximate surface area is 229 Å². The molecule has 0 radical (unpaired) electrons. The summed E-state index contributed by atoms with van der Waals surface area (Å²) in [5.74, 6) is -1.79. The monoisotopic (exact) mass is 574 g/mol. The van der Waals surface area contributed by atoms with E-state index in [1.165, 1.54) is 12.4 Å². The highest BCUT2D eigenvalue weighted by Gasteiger charge is 2.46. The van der Waals surface area contributed by atoms with Crippen molar-refractivity contribution in [2.75, 3.05) is 0 Å². The van der Waals surface area contributed by atoms with E-state index < -0.39 is 46.8 Å². The van der Waals surface area contributed by atoms with Gasteiger partial charge in [0.25, 0.3) is 5.91 Å². The van der Waals surface area contributed by atoms with Crippen LogP contribution >= 0.6 is 23.2 Å². The topological polar surface area (TPSA) is 97.1 Å². The number of aromatic nitrogens is 3. The summed E-state index contributed by atoms with van der Waals surface area (Å²) in [6.07, 6.45) is 3.55. The van der Waals surface area contributed by atoms with Crippen molar-refractivity contribution in [3.8, 4) is 0 Å². The molecule has 2 aromatic heterocycles. The SMILES string of the molecule is CC1(C(=O)O)CCC(n2ncc(C(=O)NC(CCc3c(Cl)cncc3Cl)C3(C)CCC3)c2C(F)(F)F)CC1. The van der Waals surface area contributed by atoms with Gasteiger partial charge < -0.3 is 10.4 Å². The highest BCUT2D eigenvalue weighted by molar-refractivity contribution is 6.35. The molecular formula is C26H31Cl2F3N4O3. The van der Waals surface area contributed by atoms with Crippen LogP contribution in [0.2, 0.25) is 10.0 Å². The van der Waals surface area contributed by atoms with Crippen LogP contribution in [0.25, 0.3) is 0 Å². The van der Waals surface area contributed by atoms with Crippen molar-refractivity contribution >= 4 is 35.1 Å². The van der Waals surface area contributed by atoms with E-state index in [1.54, 1.807) is 6.92 Å². The van der Waals surface area contributed by atoms with Crippen molar-refractivity contribution in [3.05, 3.63) is 45.5 Å². The fraction of sp³-hybridized carbons (Fsp3) is 0.615. The Kier molecular flexibility index (Phi) is 8.06. The number of alkyl halides is 3. The van der Waals surface area contributed by atoms with Gasteiger partial charge in [0, 0.05) is 18.4 Å². The summed E-state index contributed by atoms with van der Waals surface area (Å²) in [6.45, 7) is 3.62. The maximum absolute atomic E-state index is 14.3. The number of nitrogens with one attached hydrogen (secondary N) is 1. The standard InChI is InChI=1S/C26H31Cl2F3N4O3/c1-24(8-3-9-24)20(5-4-16-18(27)13-32-14-19(16)28)34-22(36)17-12-33-35(21(17)26(29,30)31)15-6-10-25(2,11-7-15)23(37)38/h12-15,20H,3-11H2,1-2H3,(H,34,36)(H,37,38). The van der Waals surface area contributed by atoms with Gasteiger partial charge in [-0.3, -0.25) is 19.3 Å². The van der Waals surface area contributed by atoms with Crippen LogP contribution in [0.3, 0.4) is 0 Å². The molecule has 2 fully saturated rings. The molecule has 1 atom stereocenters. The average molecular weight is 575 g/mol. The van der Waals surface area contributed by atoms with Gasteiger partial charge in [0.2, 0.25) is 0 Å². The van der Waals surface area contributed by atoms with Crippen molar-refractivity contribution in [3.63, 3.8) is 0 Å². The highest BCUT2D eigenvalue weighted by Crippen LogP contribution is 2.46. The molecule has 1 amide bonds. The largest absolute Gasteiger partial charge is 0.481 e. The molecule has 7 nitrogen and oxygen atoms in total. The summed E-state index contributed by atoms with van der Waals surface area (Å²) in [4.78, 5) is 28.8. The Morgan fingerprint density at radius 1 is 1.13 bits per heavy atom. The van der Waals surface area contributed by atoms with Crippen LogP contribution in [0.15, 0.2) is 18.6 Å². The van der Waals surface area contributed by atoms with Crippen LogP contribution in [0, 0.1) is 10.8 Å². The summed E-state index contributed by atoms with van der Waals surface area (Å²) < 4.78 is 43.7. The molecule has 2 saturated carbocycles. The lowest BCUT2D eigenvalue weighted by molar-refractivity contribution is -0.152. The first-order valence-electron chi connectivity index (χ1n) is 12.7. The number of hydrogen-bond acceptors (Lipinski definition) is 4. The highest BCUT2D eigenvalue weighted by atomic mass is 35.5. The van der Waals surface area contributed by atoms with Crippen LogP contribution < -0.4 is 5.32 Å². The molecule has 2 aromatic rings. The molecule has 2 N–H and O–H groups in total. The molecule has 0 aliphatic heterocycles. The molecule has 38 heavy (non-hydrogen) atoms. The Morgan fingerprint density at radius 3 is 2.24 bits per heavy atom. The van der Waals surface area contributed by atoms with Crippen molar-refractivity contribution in [2.24, 2.45) is 10.8 Å². The van der Waals surface area contributed by atoms with E-state index in [1.807, 2.05) is 6.92 Å². The minimum Gasteiger partial charge on any atom is -0.481 e. The molecule has 2 aliphatic carbocycles.